The topological polar surface area (TPSA) is 72.7 Å². The van der Waals surface area contributed by atoms with Crippen LogP contribution in [-0.2, 0) is 6.54 Å². The molecular weight excluding hydrogens is 394 g/mol. The van der Waals surface area contributed by atoms with Gasteiger partial charge in [0.05, 0.1) is 28.2 Å². The van der Waals surface area contributed by atoms with Gasteiger partial charge in [-0.3, -0.25) is 4.79 Å². The maximum Gasteiger partial charge on any atom is 0.256 e. The van der Waals surface area contributed by atoms with Gasteiger partial charge in [-0.1, -0.05) is 42.5 Å². The van der Waals surface area contributed by atoms with E-state index in [9.17, 15) is 4.79 Å². The van der Waals surface area contributed by atoms with E-state index < -0.39 is 0 Å². The average molecular weight is 411 g/mol. The molecule has 5 rings (SSSR count). The van der Waals surface area contributed by atoms with Gasteiger partial charge in [0, 0.05) is 11.1 Å². The Labute approximate surface area is 176 Å². The Kier molecular flexibility index (Phi) is 4.78. The van der Waals surface area contributed by atoms with E-state index >= 15 is 0 Å². The van der Waals surface area contributed by atoms with Gasteiger partial charge in [-0.2, -0.15) is 5.10 Å². The number of aromatic nitrogens is 4. The number of hydrogen-bond donors (Lipinski definition) is 1. The molecule has 3 aromatic heterocycles. The number of carbonyl (C=O) groups is 1. The van der Waals surface area contributed by atoms with E-state index in [1.54, 1.807) is 22.3 Å². The van der Waals surface area contributed by atoms with Crippen molar-refractivity contribution in [1.29, 1.82) is 0 Å². The SMILES string of the molecule is O=C(Nc1ccccc1Cn1cncn1)c1cc(-c2cccs2)nc2ccccc12. The average Bonchev–Trinajstić information content (AvgIpc) is 3.49. The summed E-state index contributed by atoms with van der Waals surface area (Å²) in [6, 6.07) is 21.3. The molecule has 1 N–H and O–H groups in total. The largest absolute Gasteiger partial charge is 0.322 e. The van der Waals surface area contributed by atoms with Crippen molar-refractivity contribution in [1.82, 2.24) is 19.7 Å². The number of fused-ring (bicyclic) bond motifs is 1. The van der Waals surface area contributed by atoms with E-state index in [1.807, 2.05) is 72.1 Å². The van der Waals surface area contributed by atoms with Crippen molar-refractivity contribution >= 4 is 33.8 Å². The van der Waals surface area contributed by atoms with E-state index in [0.717, 1.165) is 32.7 Å². The number of rotatable bonds is 5. The second-order valence-electron chi connectivity index (χ2n) is 6.75. The summed E-state index contributed by atoms with van der Waals surface area (Å²) in [7, 11) is 0. The minimum atomic E-state index is -0.169. The smallest absolute Gasteiger partial charge is 0.256 e. The number of thiophene rings is 1. The van der Waals surface area contributed by atoms with Gasteiger partial charge < -0.3 is 5.32 Å². The minimum absolute atomic E-state index is 0.169. The van der Waals surface area contributed by atoms with Gasteiger partial charge in [0.25, 0.3) is 5.91 Å². The van der Waals surface area contributed by atoms with Crippen molar-refractivity contribution in [3.8, 4) is 10.6 Å². The lowest BCUT2D eigenvalue weighted by Crippen LogP contribution is -2.15. The lowest BCUT2D eigenvalue weighted by atomic mass is 10.1. The molecule has 0 aliphatic rings. The molecular formula is C23H17N5OS. The molecule has 30 heavy (non-hydrogen) atoms. The Bertz CT molecular complexity index is 1310. The first-order valence-electron chi connectivity index (χ1n) is 9.43. The molecule has 3 heterocycles. The van der Waals surface area contributed by atoms with Crippen molar-refractivity contribution in [2.45, 2.75) is 6.54 Å². The highest BCUT2D eigenvalue weighted by atomic mass is 32.1. The van der Waals surface area contributed by atoms with E-state index in [1.165, 1.54) is 6.33 Å². The summed E-state index contributed by atoms with van der Waals surface area (Å²) in [4.78, 5) is 23.1. The first kappa shape index (κ1) is 18.2. The van der Waals surface area contributed by atoms with E-state index in [4.69, 9.17) is 4.98 Å². The molecule has 0 fully saturated rings. The Morgan fingerprint density at radius 3 is 2.73 bits per heavy atom. The van der Waals surface area contributed by atoms with Gasteiger partial charge in [0.2, 0.25) is 0 Å². The van der Waals surface area contributed by atoms with Gasteiger partial charge in [-0.15, -0.1) is 11.3 Å². The van der Waals surface area contributed by atoms with Gasteiger partial charge >= 0.3 is 0 Å². The number of pyridine rings is 1. The molecule has 0 saturated carbocycles. The van der Waals surface area contributed by atoms with Gasteiger partial charge in [-0.05, 0) is 35.2 Å². The predicted molar refractivity (Wildman–Crippen MR) is 119 cm³/mol. The van der Waals surface area contributed by atoms with Crippen molar-refractivity contribution in [2.75, 3.05) is 5.32 Å². The molecule has 146 valence electrons. The van der Waals surface area contributed by atoms with Gasteiger partial charge in [0.1, 0.15) is 12.7 Å². The zero-order valence-corrected chi connectivity index (χ0v) is 16.7. The molecule has 0 bridgehead atoms. The highest BCUT2D eigenvalue weighted by Gasteiger charge is 2.16. The number of para-hydroxylation sites is 2. The molecule has 0 unspecified atom stereocenters. The molecule has 1 amide bonds. The van der Waals surface area contributed by atoms with Crippen LogP contribution in [0.3, 0.4) is 0 Å². The van der Waals surface area contributed by atoms with Crippen LogP contribution in [0.15, 0.2) is 84.8 Å². The molecule has 0 atom stereocenters. The summed E-state index contributed by atoms with van der Waals surface area (Å²) in [5.41, 5.74) is 3.89. The van der Waals surface area contributed by atoms with Crippen LogP contribution in [0.2, 0.25) is 0 Å². The minimum Gasteiger partial charge on any atom is -0.322 e. The Morgan fingerprint density at radius 1 is 1.03 bits per heavy atom. The number of nitrogens with zero attached hydrogens (tertiary/aromatic N) is 4. The second-order valence-corrected chi connectivity index (χ2v) is 7.70. The third-order valence-corrected chi connectivity index (χ3v) is 5.69. The normalized spacial score (nSPS) is 10.9. The highest BCUT2D eigenvalue weighted by Crippen LogP contribution is 2.28. The van der Waals surface area contributed by atoms with Crippen LogP contribution in [0.4, 0.5) is 5.69 Å². The number of anilines is 1. The van der Waals surface area contributed by atoms with Crippen LogP contribution in [0.25, 0.3) is 21.5 Å². The zero-order valence-electron chi connectivity index (χ0n) is 15.9. The molecule has 0 aliphatic carbocycles. The standard InChI is InChI=1S/C23H17N5OS/c29-23(27-19-8-3-1-6-16(19)13-28-15-24-14-25-28)18-12-21(22-10-5-11-30-22)26-20-9-4-2-7-17(18)20/h1-12,14-15H,13H2,(H,27,29). The summed E-state index contributed by atoms with van der Waals surface area (Å²) in [6.07, 6.45) is 3.15. The molecule has 6 nitrogen and oxygen atoms in total. The molecule has 0 radical (unpaired) electrons. The molecule has 5 aromatic rings. The van der Waals surface area contributed by atoms with E-state index in [-0.39, 0.29) is 5.91 Å². The number of hydrogen-bond acceptors (Lipinski definition) is 5. The van der Waals surface area contributed by atoms with Crippen molar-refractivity contribution < 1.29 is 4.79 Å². The van der Waals surface area contributed by atoms with E-state index in [0.29, 0.717) is 12.1 Å². The Balaban J connectivity index is 1.53. The Hall–Kier alpha value is -3.84. The molecule has 0 spiro atoms. The third kappa shape index (κ3) is 3.58. The number of benzene rings is 2. The van der Waals surface area contributed by atoms with Crippen LogP contribution in [0, 0.1) is 0 Å². The molecule has 7 heteroatoms. The third-order valence-electron chi connectivity index (χ3n) is 4.80. The number of nitrogens with one attached hydrogen (secondary N) is 1. The number of carbonyl (C=O) groups excluding carboxylic acids is 1. The van der Waals surface area contributed by atoms with Crippen molar-refractivity contribution in [3.63, 3.8) is 0 Å². The highest BCUT2D eigenvalue weighted by molar-refractivity contribution is 7.13. The van der Waals surface area contributed by atoms with Crippen molar-refractivity contribution in [3.05, 3.63) is 95.9 Å². The lowest BCUT2D eigenvalue weighted by Gasteiger charge is -2.13. The fourth-order valence-electron chi connectivity index (χ4n) is 3.37. The summed E-state index contributed by atoms with van der Waals surface area (Å²) in [6.45, 7) is 0.522. The van der Waals surface area contributed by atoms with Gasteiger partial charge in [-0.25, -0.2) is 14.6 Å². The summed E-state index contributed by atoms with van der Waals surface area (Å²) in [5.74, 6) is -0.169. The maximum absolute atomic E-state index is 13.3. The first-order chi connectivity index (χ1) is 14.8. The lowest BCUT2D eigenvalue weighted by molar-refractivity contribution is 0.102. The van der Waals surface area contributed by atoms with Crippen LogP contribution in [-0.4, -0.2) is 25.7 Å². The summed E-state index contributed by atoms with van der Waals surface area (Å²) in [5, 5.41) is 10.1. The quantitative estimate of drug-likeness (QED) is 0.448. The summed E-state index contributed by atoms with van der Waals surface area (Å²) < 4.78 is 1.72. The van der Waals surface area contributed by atoms with Crippen LogP contribution in [0.5, 0.6) is 0 Å². The molecule has 2 aromatic carbocycles. The molecule has 0 saturated heterocycles. The number of amides is 1. The molecule has 0 aliphatic heterocycles. The van der Waals surface area contributed by atoms with Crippen molar-refractivity contribution in [2.24, 2.45) is 0 Å². The van der Waals surface area contributed by atoms with Crippen LogP contribution in [0.1, 0.15) is 15.9 Å². The fraction of sp³-hybridized carbons (Fsp3) is 0.0435. The van der Waals surface area contributed by atoms with E-state index in [2.05, 4.69) is 15.4 Å². The first-order valence-corrected chi connectivity index (χ1v) is 10.3. The van der Waals surface area contributed by atoms with Crippen LogP contribution < -0.4 is 5.32 Å². The maximum atomic E-state index is 13.3. The predicted octanol–water partition coefficient (Wildman–Crippen LogP) is 4.86. The fourth-order valence-corrected chi connectivity index (χ4v) is 4.06. The zero-order chi connectivity index (χ0) is 20.3. The second kappa shape index (κ2) is 7.88. The van der Waals surface area contributed by atoms with Gasteiger partial charge in [0.15, 0.2) is 0 Å². The monoisotopic (exact) mass is 411 g/mol. The van der Waals surface area contributed by atoms with Crippen LogP contribution >= 0.6 is 11.3 Å². The Morgan fingerprint density at radius 2 is 1.90 bits per heavy atom. The summed E-state index contributed by atoms with van der Waals surface area (Å²) >= 11 is 1.60.